The van der Waals surface area contributed by atoms with Crippen LogP contribution in [0.5, 0.6) is 0 Å². The lowest BCUT2D eigenvalue weighted by Crippen LogP contribution is -2.81. The average Bonchev–Trinajstić information content (AvgIpc) is 3.09. The van der Waals surface area contributed by atoms with E-state index in [0.29, 0.717) is 5.56 Å². The fraction of sp³-hybridized carbons (Fsp3) is 0.526. The molecule has 6 rings (SSSR count). The first-order valence-electron chi connectivity index (χ1n) is 17.0. The quantitative estimate of drug-likeness (QED) is 0.158. The summed E-state index contributed by atoms with van der Waals surface area (Å²) in [5.74, 6) is -5.10. The predicted molar refractivity (Wildman–Crippen MR) is 178 cm³/mol. The lowest BCUT2D eigenvalue weighted by atomic mass is 9.44. The first kappa shape index (κ1) is 36.8. The van der Waals surface area contributed by atoms with Crippen LogP contribution in [0.15, 0.2) is 71.8 Å². The Bertz CT molecular complexity index is 1750. The zero-order chi connectivity index (χ0) is 37.3. The zero-order valence-corrected chi connectivity index (χ0v) is 29.1. The van der Waals surface area contributed by atoms with Crippen molar-refractivity contribution in [3.05, 3.63) is 82.9 Å². The molecule has 0 radical (unpaired) electrons. The molecule has 6 N–H and O–H groups in total. The fourth-order valence-corrected chi connectivity index (χ4v) is 8.99. The van der Waals surface area contributed by atoms with Gasteiger partial charge in [0.2, 0.25) is 0 Å². The van der Waals surface area contributed by atoms with Gasteiger partial charge in [0.1, 0.15) is 30.0 Å². The standard InChI is InChI=1S/C38H45NO12/c1-19-23(49-34(46)29(43)27(39)21-12-8-6-9-13-21)17-38(47)32(50-33(45)22-14-10-7-11-15-22)30-36(5,31(44)28(42)26(19)35(38,3)4)24(41)16-25-37(30,18-48-25)51-20(2)40/h6-15,23-25,27-30,32,41-43,47H,16-18,39H2,1-5H3/t23-,24-,25+,27-,28+,29+,30-,32-,36+,37-,38+/m0/s1. The van der Waals surface area contributed by atoms with Crippen molar-refractivity contribution in [3.63, 3.8) is 0 Å². The summed E-state index contributed by atoms with van der Waals surface area (Å²) in [7, 11) is 0. The third-order valence-electron chi connectivity index (χ3n) is 11.9. The van der Waals surface area contributed by atoms with Crippen molar-refractivity contribution in [2.75, 3.05) is 6.61 Å². The van der Waals surface area contributed by atoms with Crippen LogP contribution in [-0.2, 0) is 33.3 Å². The van der Waals surface area contributed by atoms with Crippen LogP contribution in [0.1, 0.15) is 69.4 Å². The van der Waals surface area contributed by atoms with Crippen molar-refractivity contribution >= 4 is 23.7 Å². The zero-order valence-electron chi connectivity index (χ0n) is 29.1. The van der Waals surface area contributed by atoms with E-state index >= 15 is 0 Å². The second-order valence-electron chi connectivity index (χ2n) is 15.0. The Morgan fingerprint density at radius 1 is 0.980 bits per heavy atom. The smallest absolute Gasteiger partial charge is 0.338 e. The van der Waals surface area contributed by atoms with Gasteiger partial charge in [-0.05, 0) is 42.7 Å². The number of aliphatic hydroxyl groups is 4. The van der Waals surface area contributed by atoms with E-state index in [2.05, 4.69) is 0 Å². The molecular formula is C38H45NO12. The van der Waals surface area contributed by atoms with Crippen molar-refractivity contribution < 1.29 is 58.6 Å². The Balaban J connectivity index is 1.53. The van der Waals surface area contributed by atoms with Crippen molar-refractivity contribution in [1.29, 1.82) is 0 Å². The molecule has 3 fully saturated rings. The van der Waals surface area contributed by atoms with E-state index in [0.717, 1.165) is 0 Å². The summed E-state index contributed by atoms with van der Waals surface area (Å²) in [5, 5.41) is 48.0. The number of ether oxygens (including phenoxy) is 4. The highest BCUT2D eigenvalue weighted by Crippen LogP contribution is 2.64. The van der Waals surface area contributed by atoms with E-state index in [4.69, 9.17) is 24.7 Å². The highest BCUT2D eigenvalue weighted by molar-refractivity contribution is 5.94. The molecule has 13 heteroatoms. The minimum atomic E-state index is -2.28. The summed E-state index contributed by atoms with van der Waals surface area (Å²) in [6.45, 7) is 6.99. The van der Waals surface area contributed by atoms with Crippen LogP contribution in [0.2, 0.25) is 0 Å². The van der Waals surface area contributed by atoms with E-state index in [1.54, 1.807) is 62.4 Å². The van der Waals surface area contributed by atoms with Gasteiger partial charge in [-0.2, -0.15) is 0 Å². The van der Waals surface area contributed by atoms with Crippen molar-refractivity contribution in [2.45, 2.75) is 101 Å². The highest BCUT2D eigenvalue weighted by atomic mass is 16.6. The molecule has 1 saturated heterocycles. The van der Waals surface area contributed by atoms with Gasteiger partial charge in [-0.15, -0.1) is 0 Å². The van der Waals surface area contributed by atoms with Crippen LogP contribution in [0, 0.1) is 16.7 Å². The molecule has 0 aromatic heterocycles. The maximum atomic E-state index is 14.8. The lowest BCUT2D eigenvalue weighted by Gasteiger charge is -2.67. The molecule has 3 aliphatic carbocycles. The van der Waals surface area contributed by atoms with Gasteiger partial charge in [0.05, 0.1) is 35.6 Å². The van der Waals surface area contributed by atoms with Gasteiger partial charge < -0.3 is 45.1 Å². The number of esters is 3. The second kappa shape index (κ2) is 12.9. The molecule has 11 atom stereocenters. The van der Waals surface area contributed by atoms with Gasteiger partial charge in [-0.1, -0.05) is 62.4 Å². The maximum Gasteiger partial charge on any atom is 0.338 e. The van der Waals surface area contributed by atoms with Crippen LogP contribution in [0.3, 0.4) is 0 Å². The van der Waals surface area contributed by atoms with Crippen molar-refractivity contribution in [2.24, 2.45) is 22.5 Å². The number of carbonyl (C=O) groups is 4. The molecule has 2 bridgehead atoms. The average molecular weight is 708 g/mol. The van der Waals surface area contributed by atoms with Gasteiger partial charge in [0.15, 0.2) is 17.5 Å². The van der Waals surface area contributed by atoms with Gasteiger partial charge in [-0.25, -0.2) is 9.59 Å². The second-order valence-corrected chi connectivity index (χ2v) is 15.0. The van der Waals surface area contributed by atoms with Crippen LogP contribution in [-0.4, -0.2) is 98.6 Å². The Morgan fingerprint density at radius 2 is 1.59 bits per heavy atom. The fourth-order valence-electron chi connectivity index (χ4n) is 8.99. The Morgan fingerprint density at radius 3 is 2.16 bits per heavy atom. The number of hydrogen-bond acceptors (Lipinski definition) is 13. The molecule has 2 aromatic rings. The first-order chi connectivity index (χ1) is 23.9. The van der Waals surface area contributed by atoms with E-state index < -0.39 is 101 Å². The molecule has 1 heterocycles. The van der Waals surface area contributed by atoms with Crippen LogP contribution < -0.4 is 5.73 Å². The third kappa shape index (κ3) is 5.53. The van der Waals surface area contributed by atoms with Crippen molar-refractivity contribution in [1.82, 2.24) is 0 Å². The maximum absolute atomic E-state index is 14.8. The third-order valence-corrected chi connectivity index (χ3v) is 11.9. The molecule has 2 saturated carbocycles. The SMILES string of the molecule is CC(=O)O[C@@]12CO[C@@H]1C[C@H](O)[C@@]1(C)C(=O)[C@H](O)C3=C(C)[C@@H](OC(=O)[C@H](O)[C@@H](N)c4ccccc4)C[C@@](O)([C@@H](OC(=O)c4ccccc4)[C@H]21)C3(C)C. The van der Waals surface area contributed by atoms with Crippen LogP contribution >= 0.6 is 0 Å². The normalized spacial score (nSPS) is 36.5. The molecule has 1 aliphatic heterocycles. The van der Waals surface area contributed by atoms with Gasteiger partial charge in [0, 0.05) is 25.2 Å². The van der Waals surface area contributed by atoms with Gasteiger partial charge >= 0.3 is 17.9 Å². The number of benzene rings is 2. The van der Waals surface area contributed by atoms with Crippen LogP contribution in [0.25, 0.3) is 0 Å². The number of nitrogens with two attached hydrogens (primary N) is 1. The number of ketones is 1. The highest BCUT2D eigenvalue weighted by Gasteiger charge is 2.78. The lowest BCUT2D eigenvalue weighted by molar-refractivity contribution is -0.346. The molecule has 0 spiro atoms. The summed E-state index contributed by atoms with van der Waals surface area (Å²) in [6.07, 6.45) is -9.94. The molecule has 0 amide bonds. The monoisotopic (exact) mass is 707 g/mol. The molecule has 0 unspecified atom stereocenters. The number of hydrogen-bond donors (Lipinski definition) is 5. The number of fused-ring (bicyclic) bond motifs is 5. The predicted octanol–water partition coefficient (Wildman–Crippen LogP) is 1.69. The number of aliphatic hydroxyl groups excluding tert-OH is 3. The minimum absolute atomic E-state index is 0.0120. The Kier molecular flexibility index (Phi) is 9.31. The molecule has 2 aromatic carbocycles. The summed E-state index contributed by atoms with van der Waals surface area (Å²) in [6, 6.07) is 15.2. The largest absolute Gasteiger partial charge is 0.456 e. The molecule has 51 heavy (non-hydrogen) atoms. The number of rotatable bonds is 7. The summed E-state index contributed by atoms with van der Waals surface area (Å²) >= 11 is 0. The van der Waals surface area contributed by atoms with Crippen molar-refractivity contribution in [3.8, 4) is 0 Å². The van der Waals surface area contributed by atoms with Gasteiger partial charge in [0.25, 0.3) is 0 Å². The van der Waals surface area contributed by atoms with E-state index in [1.807, 2.05) is 0 Å². The topological polar surface area (TPSA) is 212 Å². The van der Waals surface area contributed by atoms with Gasteiger partial charge in [-0.3, -0.25) is 9.59 Å². The molecule has 274 valence electrons. The minimum Gasteiger partial charge on any atom is -0.456 e. The summed E-state index contributed by atoms with van der Waals surface area (Å²) in [4.78, 5) is 55.0. The number of carbonyl (C=O) groups excluding carboxylic acids is 4. The van der Waals surface area contributed by atoms with E-state index in [1.165, 1.54) is 32.9 Å². The Labute approximate surface area is 295 Å². The number of Topliss-reactive ketones (excluding diaryl/α,β-unsaturated/α-hetero) is 1. The summed E-state index contributed by atoms with van der Waals surface area (Å²) < 4.78 is 23.9. The van der Waals surface area contributed by atoms with Crippen LogP contribution in [0.4, 0.5) is 0 Å². The molecular weight excluding hydrogens is 662 g/mol. The molecule has 13 nitrogen and oxygen atoms in total. The van der Waals surface area contributed by atoms with E-state index in [9.17, 15) is 39.6 Å². The first-order valence-corrected chi connectivity index (χ1v) is 17.0. The summed E-state index contributed by atoms with van der Waals surface area (Å²) in [5.41, 5.74) is -0.496. The Hall–Kier alpha value is -3.98. The molecule has 4 aliphatic rings. The van der Waals surface area contributed by atoms with E-state index in [-0.39, 0.29) is 29.7 Å².